The molecule has 0 bridgehead atoms. The standard InChI is InChI=1S/C18H27NO/c1-2-12-19-17(15-8-13-20-14-9-15)18(10-11-18)16-6-4-3-5-7-16/h3-7,15,17,19H,2,8-14H2,1H3. The Kier molecular flexibility index (Phi) is 4.42. The minimum absolute atomic E-state index is 0.401. The molecule has 0 spiro atoms. The first-order valence-corrected chi connectivity index (χ1v) is 8.23. The summed E-state index contributed by atoms with van der Waals surface area (Å²) in [4.78, 5) is 0. The van der Waals surface area contributed by atoms with E-state index < -0.39 is 0 Å². The third-order valence-electron chi connectivity index (χ3n) is 5.08. The predicted octanol–water partition coefficient (Wildman–Crippen LogP) is 3.51. The number of hydrogen-bond acceptors (Lipinski definition) is 2. The Labute approximate surface area is 122 Å². The van der Waals surface area contributed by atoms with Gasteiger partial charge in [0.25, 0.3) is 0 Å². The zero-order valence-electron chi connectivity index (χ0n) is 12.6. The molecule has 1 atom stereocenters. The van der Waals surface area contributed by atoms with Crippen LogP contribution in [0.15, 0.2) is 30.3 Å². The van der Waals surface area contributed by atoms with Crippen LogP contribution in [0, 0.1) is 5.92 Å². The highest BCUT2D eigenvalue weighted by Gasteiger charge is 2.52. The van der Waals surface area contributed by atoms with E-state index in [0.717, 1.165) is 25.7 Å². The molecule has 1 aromatic rings. The van der Waals surface area contributed by atoms with Crippen LogP contribution in [0.2, 0.25) is 0 Å². The maximum Gasteiger partial charge on any atom is 0.0469 e. The van der Waals surface area contributed by atoms with E-state index in [-0.39, 0.29) is 0 Å². The Hall–Kier alpha value is -0.860. The van der Waals surface area contributed by atoms with E-state index in [1.165, 1.54) is 32.1 Å². The number of benzene rings is 1. The maximum absolute atomic E-state index is 5.57. The molecule has 2 aliphatic rings. The van der Waals surface area contributed by atoms with Crippen molar-refractivity contribution >= 4 is 0 Å². The first-order chi connectivity index (χ1) is 9.87. The summed E-state index contributed by atoms with van der Waals surface area (Å²) in [5.41, 5.74) is 1.94. The number of ether oxygens (including phenoxy) is 1. The van der Waals surface area contributed by atoms with Gasteiger partial charge in [-0.05, 0) is 50.1 Å². The largest absolute Gasteiger partial charge is 0.381 e. The normalized spacial score (nSPS) is 23.4. The molecule has 1 aromatic carbocycles. The van der Waals surface area contributed by atoms with Crippen LogP contribution >= 0.6 is 0 Å². The Bertz CT molecular complexity index is 407. The van der Waals surface area contributed by atoms with E-state index in [1.807, 2.05) is 0 Å². The van der Waals surface area contributed by atoms with Crippen LogP contribution in [-0.2, 0) is 10.2 Å². The van der Waals surface area contributed by atoms with Gasteiger partial charge in [0, 0.05) is 24.7 Å². The maximum atomic E-state index is 5.57. The fraction of sp³-hybridized carbons (Fsp3) is 0.667. The topological polar surface area (TPSA) is 21.3 Å². The van der Waals surface area contributed by atoms with E-state index in [1.54, 1.807) is 5.56 Å². The van der Waals surface area contributed by atoms with E-state index in [0.29, 0.717) is 11.5 Å². The molecule has 1 saturated carbocycles. The summed E-state index contributed by atoms with van der Waals surface area (Å²) in [5, 5.41) is 3.88. The number of nitrogens with one attached hydrogen (secondary N) is 1. The van der Waals surface area contributed by atoms with Crippen molar-refractivity contribution in [2.24, 2.45) is 5.92 Å². The highest BCUT2D eigenvalue weighted by Crippen LogP contribution is 2.53. The van der Waals surface area contributed by atoms with Crippen LogP contribution in [0.25, 0.3) is 0 Å². The fourth-order valence-electron chi connectivity index (χ4n) is 3.85. The lowest BCUT2D eigenvalue weighted by Gasteiger charge is -2.37. The van der Waals surface area contributed by atoms with Crippen molar-refractivity contribution < 1.29 is 4.74 Å². The summed E-state index contributed by atoms with van der Waals surface area (Å²) < 4.78 is 5.57. The molecule has 2 fully saturated rings. The van der Waals surface area contributed by atoms with Gasteiger partial charge in [0.2, 0.25) is 0 Å². The third-order valence-corrected chi connectivity index (χ3v) is 5.08. The van der Waals surface area contributed by atoms with Crippen LogP contribution in [0.5, 0.6) is 0 Å². The molecule has 0 radical (unpaired) electrons. The molecule has 1 heterocycles. The van der Waals surface area contributed by atoms with Gasteiger partial charge in [-0.15, -0.1) is 0 Å². The van der Waals surface area contributed by atoms with Gasteiger partial charge in [0.05, 0.1) is 0 Å². The summed E-state index contributed by atoms with van der Waals surface area (Å²) in [6.45, 7) is 5.28. The quantitative estimate of drug-likeness (QED) is 0.856. The molecule has 110 valence electrons. The molecule has 1 unspecified atom stereocenters. The van der Waals surface area contributed by atoms with E-state index in [9.17, 15) is 0 Å². The third kappa shape index (κ3) is 2.77. The van der Waals surface area contributed by atoms with Gasteiger partial charge in [0.1, 0.15) is 0 Å². The van der Waals surface area contributed by atoms with Crippen molar-refractivity contribution in [3.8, 4) is 0 Å². The molecule has 1 aliphatic carbocycles. The Morgan fingerprint density at radius 2 is 1.90 bits per heavy atom. The smallest absolute Gasteiger partial charge is 0.0469 e. The Balaban J connectivity index is 1.81. The minimum atomic E-state index is 0.401. The van der Waals surface area contributed by atoms with E-state index in [4.69, 9.17) is 4.74 Å². The van der Waals surface area contributed by atoms with Crippen molar-refractivity contribution in [3.05, 3.63) is 35.9 Å². The van der Waals surface area contributed by atoms with Gasteiger partial charge < -0.3 is 10.1 Å². The van der Waals surface area contributed by atoms with Crippen molar-refractivity contribution in [3.63, 3.8) is 0 Å². The van der Waals surface area contributed by atoms with Gasteiger partial charge in [0.15, 0.2) is 0 Å². The molecule has 1 saturated heterocycles. The number of rotatable bonds is 6. The minimum Gasteiger partial charge on any atom is -0.381 e. The summed E-state index contributed by atoms with van der Waals surface area (Å²) in [6, 6.07) is 11.8. The molecular formula is C18H27NO. The van der Waals surface area contributed by atoms with E-state index >= 15 is 0 Å². The summed E-state index contributed by atoms with van der Waals surface area (Å²) in [6.07, 6.45) is 6.34. The second kappa shape index (κ2) is 6.28. The van der Waals surface area contributed by atoms with Gasteiger partial charge in [-0.1, -0.05) is 37.3 Å². The zero-order valence-corrected chi connectivity index (χ0v) is 12.6. The molecule has 1 N–H and O–H groups in total. The monoisotopic (exact) mass is 273 g/mol. The Morgan fingerprint density at radius 1 is 1.20 bits per heavy atom. The van der Waals surface area contributed by atoms with Crippen molar-refractivity contribution in [2.45, 2.75) is 50.5 Å². The van der Waals surface area contributed by atoms with Crippen molar-refractivity contribution in [1.82, 2.24) is 5.32 Å². The lowest BCUT2D eigenvalue weighted by Crippen LogP contribution is -2.47. The highest BCUT2D eigenvalue weighted by molar-refractivity contribution is 5.34. The summed E-state index contributed by atoms with van der Waals surface area (Å²) in [7, 11) is 0. The first kappa shape index (κ1) is 14.1. The van der Waals surface area contributed by atoms with Crippen LogP contribution in [0.1, 0.15) is 44.6 Å². The zero-order chi connectivity index (χ0) is 13.8. The van der Waals surface area contributed by atoms with Gasteiger partial charge in [-0.3, -0.25) is 0 Å². The van der Waals surface area contributed by atoms with Gasteiger partial charge in [-0.25, -0.2) is 0 Å². The molecule has 0 amide bonds. The molecule has 20 heavy (non-hydrogen) atoms. The van der Waals surface area contributed by atoms with Crippen molar-refractivity contribution in [1.29, 1.82) is 0 Å². The molecule has 2 heteroatoms. The van der Waals surface area contributed by atoms with Crippen molar-refractivity contribution in [2.75, 3.05) is 19.8 Å². The Morgan fingerprint density at radius 3 is 2.50 bits per heavy atom. The van der Waals surface area contributed by atoms with Crippen LogP contribution in [0.3, 0.4) is 0 Å². The highest BCUT2D eigenvalue weighted by atomic mass is 16.5. The summed E-state index contributed by atoms with van der Waals surface area (Å²) >= 11 is 0. The molecule has 3 rings (SSSR count). The second-order valence-corrected chi connectivity index (χ2v) is 6.40. The molecule has 0 aromatic heterocycles. The summed E-state index contributed by atoms with van der Waals surface area (Å²) in [5.74, 6) is 0.776. The fourth-order valence-corrected chi connectivity index (χ4v) is 3.85. The lowest BCUT2D eigenvalue weighted by molar-refractivity contribution is 0.0480. The number of hydrogen-bond donors (Lipinski definition) is 1. The SMILES string of the molecule is CCCNC(C1CCOCC1)C1(c2ccccc2)CC1. The van der Waals surface area contributed by atoms with E-state index in [2.05, 4.69) is 42.6 Å². The molecule has 1 aliphatic heterocycles. The first-order valence-electron chi connectivity index (χ1n) is 8.23. The average molecular weight is 273 g/mol. The van der Waals surface area contributed by atoms with Gasteiger partial charge >= 0.3 is 0 Å². The lowest BCUT2D eigenvalue weighted by atomic mass is 9.77. The van der Waals surface area contributed by atoms with Crippen LogP contribution in [0.4, 0.5) is 0 Å². The van der Waals surface area contributed by atoms with Gasteiger partial charge in [-0.2, -0.15) is 0 Å². The second-order valence-electron chi connectivity index (χ2n) is 6.40. The molecular weight excluding hydrogens is 246 g/mol. The van der Waals surface area contributed by atoms with Crippen LogP contribution < -0.4 is 5.32 Å². The average Bonchev–Trinajstić information content (AvgIpc) is 3.31. The predicted molar refractivity (Wildman–Crippen MR) is 83.0 cm³/mol. The molecule has 2 nitrogen and oxygen atoms in total. The van der Waals surface area contributed by atoms with Crippen LogP contribution in [-0.4, -0.2) is 25.8 Å².